The summed E-state index contributed by atoms with van der Waals surface area (Å²) in [7, 11) is 7.51. The van der Waals surface area contributed by atoms with Gasteiger partial charge in [-0.1, -0.05) is 45.9 Å². The zero-order valence-electron chi connectivity index (χ0n) is 25.6. The van der Waals surface area contributed by atoms with Gasteiger partial charge in [0, 0.05) is 50.8 Å². The third kappa shape index (κ3) is 5.57. The number of benzene rings is 4. The zero-order chi connectivity index (χ0) is 31.1. The van der Waals surface area contributed by atoms with E-state index in [1.54, 1.807) is 30.3 Å². The van der Waals surface area contributed by atoms with Crippen LogP contribution in [0.5, 0.6) is 23.0 Å². The highest BCUT2D eigenvalue weighted by atomic mass is 16.3. The molecule has 4 rings (SSSR count). The highest BCUT2D eigenvalue weighted by molar-refractivity contribution is 5.77. The van der Waals surface area contributed by atoms with Gasteiger partial charge >= 0.3 is 0 Å². The maximum absolute atomic E-state index is 11.0. The molecule has 4 aromatic rings. The van der Waals surface area contributed by atoms with Crippen LogP contribution in [0.3, 0.4) is 0 Å². The predicted molar refractivity (Wildman–Crippen MR) is 173 cm³/mol. The van der Waals surface area contributed by atoms with E-state index in [-0.39, 0.29) is 23.0 Å². The molecule has 7 N–H and O–H groups in total. The van der Waals surface area contributed by atoms with Crippen molar-refractivity contribution >= 4 is 28.4 Å². The van der Waals surface area contributed by atoms with Gasteiger partial charge in [0.2, 0.25) is 0 Å². The average molecular weight is 571 g/mol. The van der Waals surface area contributed by atoms with Crippen LogP contribution in [0.4, 0.5) is 28.4 Å². The fraction of sp³-hybridized carbons (Fsp3) is 0.294. The lowest BCUT2D eigenvalue weighted by atomic mass is 9.76. The standard InChI is InChI=1S/C34H42N4O4/c1-33(2,20-9-12-29(39)24(35)15-20)21-10-13-30(40)26(16-21)36-25-19-32(42)28(38(7)8)18-23(25)34(3,4)22-11-14-31(41)27(17-22)37(5)6/h9-19,36,39-42H,35H2,1-8H3. The van der Waals surface area contributed by atoms with Gasteiger partial charge < -0.3 is 41.3 Å². The highest BCUT2D eigenvalue weighted by Gasteiger charge is 2.30. The van der Waals surface area contributed by atoms with E-state index in [0.29, 0.717) is 28.4 Å². The number of nitrogens with zero attached hydrogens (tertiary/aromatic N) is 2. The summed E-state index contributed by atoms with van der Waals surface area (Å²) in [6.45, 7) is 8.28. The van der Waals surface area contributed by atoms with Gasteiger partial charge in [-0.25, -0.2) is 0 Å². The summed E-state index contributed by atoms with van der Waals surface area (Å²) in [6, 6.07) is 19.8. The van der Waals surface area contributed by atoms with Crippen molar-refractivity contribution < 1.29 is 20.4 Å². The molecule has 0 atom stereocenters. The van der Waals surface area contributed by atoms with Gasteiger partial charge in [-0.15, -0.1) is 0 Å². The van der Waals surface area contributed by atoms with E-state index in [1.807, 2.05) is 88.2 Å². The lowest BCUT2D eigenvalue weighted by Gasteiger charge is -2.32. The molecule has 0 unspecified atom stereocenters. The Bertz CT molecular complexity index is 1630. The van der Waals surface area contributed by atoms with Crippen LogP contribution >= 0.6 is 0 Å². The van der Waals surface area contributed by atoms with Crippen LogP contribution < -0.4 is 20.9 Å². The maximum Gasteiger partial charge on any atom is 0.140 e. The molecule has 0 bridgehead atoms. The molecule has 8 heteroatoms. The number of phenols is 4. The van der Waals surface area contributed by atoms with Gasteiger partial charge in [-0.2, -0.15) is 0 Å². The molecule has 0 fully saturated rings. The van der Waals surface area contributed by atoms with E-state index in [2.05, 4.69) is 19.2 Å². The number of rotatable bonds is 8. The van der Waals surface area contributed by atoms with Crippen molar-refractivity contribution in [2.45, 2.75) is 38.5 Å². The smallest absolute Gasteiger partial charge is 0.140 e. The molecule has 0 amide bonds. The fourth-order valence-corrected chi connectivity index (χ4v) is 5.26. The van der Waals surface area contributed by atoms with Crippen LogP contribution in [-0.2, 0) is 10.8 Å². The minimum atomic E-state index is -0.574. The first kappa shape index (κ1) is 30.2. The molecule has 42 heavy (non-hydrogen) atoms. The van der Waals surface area contributed by atoms with Gasteiger partial charge in [0.1, 0.15) is 23.0 Å². The van der Waals surface area contributed by atoms with E-state index in [9.17, 15) is 20.4 Å². The summed E-state index contributed by atoms with van der Waals surface area (Å²) in [6.07, 6.45) is 0. The van der Waals surface area contributed by atoms with E-state index in [1.165, 1.54) is 0 Å². The monoisotopic (exact) mass is 570 g/mol. The molecule has 4 aromatic carbocycles. The van der Waals surface area contributed by atoms with E-state index in [0.717, 1.165) is 22.3 Å². The Morgan fingerprint density at radius 1 is 0.548 bits per heavy atom. The first-order valence-corrected chi connectivity index (χ1v) is 13.8. The molecule has 0 saturated carbocycles. The van der Waals surface area contributed by atoms with Crippen molar-refractivity contribution in [3.05, 3.63) is 89.0 Å². The van der Waals surface area contributed by atoms with Gasteiger partial charge in [0.25, 0.3) is 0 Å². The number of anilines is 5. The molecule has 0 saturated heterocycles. The first-order chi connectivity index (χ1) is 19.5. The maximum atomic E-state index is 11.0. The molecular weight excluding hydrogens is 528 g/mol. The summed E-state index contributed by atoms with van der Waals surface area (Å²) in [4.78, 5) is 3.72. The van der Waals surface area contributed by atoms with Crippen LogP contribution in [0.2, 0.25) is 0 Å². The predicted octanol–water partition coefficient (Wildman–Crippen LogP) is 6.62. The molecule has 8 nitrogen and oxygen atoms in total. The van der Waals surface area contributed by atoms with Crippen molar-refractivity contribution in [3.63, 3.8) is 0 Å². The Hall–Kier alpha value is -4.72. The Balaban J connectivity index is 1.85. The number of nitrogen functional groups attached to an aromatic ring is 1. The summed E-state index contributed by atoms with van der Waals surface area (Å²) in [5, 5.41) is 45.7. The molecule has 222 valence electrons. The van der Waals surface area contributed by atoms with Crippen LogP contribution in [-0.4, -0.2) is 48.6 Å². The van der Waals surface area contributed by atoms with E-state index in [4.69, 9.17) is 5.73 Å². The quantitative estimate of drug-likeness (QED) is 0.103. The SMILES string of the molecule is CN(C)c1cc(C(C)(C)c2cc(N(C)C)c(O)cc2Nc2cc(C(C)(C)c3ccc(O)c(N)c3)ccc2O)ccc1O. The number of hydrogen-bond acceptors (Lipinski definition) is 8. The lowest BCUT2D eigenvalue weighted by Crippen LogP contribution is -2.23. The van der Waals surface area contributed by atoms with Gasteiger partial charge in [0.15, 0.2) is 0 Å². The molecule has 0 aliphatic carbocycles. The van der Waals surface area contributed by atoms with Crippen molar-refractivity contribution in [3.8, 4) is 23.0 Å². The summed E-state index contributed by atoms with van der Waals surface area (Å²) in [5.41, 5.74) is 11.3. The summed E-state index contributed by atoms with van der Waals surface area (Å²) in [5.74, 6) is 0.374. The second kappa shape index (κ2) is 10.9. The Morgan fingerprint density at radius 2 is 1.05 bits per heavy atom. The minimum Gasteiger partial charge on any atom is -0.506 e. The van der Waals surface area contributed by atoms with Crippen molar-refractivity contribution in [2.75, 3.05) is 49.0 Å². The normalized spacial score (nSPS) is 11.8. The molecule has 0 radical (unpaired) electrons. The highest BCUT2D eigenvalue weighted by Crippen LogP contribution is 2.46. The Labute approximate surface area is 248 Å². The minimum absolute atomic E-state index is 0.0325. The topological polar surface area (TPSA) is 125 Å². The van der Waals surface area contributed by atoms with Crippen LogP contribution in [0, 0.1) is 0 Å². The van der Waals surface area contributed by atoms with Gasteiger partial charge in [-0.05, 0) is 64.7 Å². The Kier molecular flexibility index (Phi) is 7.87. The molecule has 0 aromatic heterocycles. The van der Waals surface area contributed by atoms with Crippen molar-refractivity contribution in [2.24, 2.45) is 0 Å². The van der Waals surface area contributed by atoms with E-state index >= 15 is 0 Å². The summed E-state index contributed by atoms with van der Waals surface area (Å²) < 4.78 is 0. The van der Waals surface area contributed by atoms with Crippen molar-refractivity contribution in [1.29, 1.82) is 0 Å². The molecular formula is C34H42N4O4. The third-order valence-corrected chi connectivity index (χ3v) is 8.19. The van der Waals surface area contributed by atoms with Crippen LogP contribution in [0.15, 0.2) is 66.7 Å². The largest absolute Gasteiger partial charge is 0.506 e. The summed E-state index contributed by atoms with van der Waals surface area (Å²) >= 11 is 0. The second-order valence-electron chi connectivity index (χ2n) is 12.3. The Morgan fingerprint density at radius 3 is 1.62 bits per heavy atom. The number of nitrogens with two attached hydrogens (primary N) is 1. The molecule has 0 aliphatic rings. The molecule has 0 aliphatic heterocycles. The molecule has 0 heterocycles. The third-order valence-electron chi connectivity index (χ3n) is 8.19. The average Bonchev–Trinajstić information content (AvgIpc) is 2.91. The number of phenolic OH excluding ortho intramolecular Hbond substituents is 4. The van der Waals surface area contributed by atoms with Gasteiger partial charge in [-0.3, -0.25) is 0 Å². The zero-order valence-corrected chi connectivity index (χ0v) is 25.6. The van der Waals surface area contributed by atoms with Crippen LogP contribution in [0.1, 0.15) is 49.9 Å². The number of hydrogen-bond donors (Lipinski definition) is 6. The van der Waals surface area contributed by atoms with Crippen LogP contribution in [0.25, 0.3) is 0 Å². The van der Waals surface area contributed by atoms with Gasteiger partial charge in [0.05, 0.1) is 22.7 Å². The second-order valence-corrected chi connectivity index (χ2v) is 12.3. The fourth-order valence-electron chi connectivity index (χ4n) is 5.26. The van der Waals surface area contributed by atoms with E-state index < -0.39 is 10.8 Å². The lowest BCUT2D eigenvalue weighted by molar-refractivity contribution is 0.473. The number of aromatic hydroxyl groups is 4. The first-order valence-electron chi connectivity index (χ1n) is 13.8. The number of nitrogens with one attached hydrogen (secondary N) is 1. The molecule has 0 spiro atoms. The van der Waals surface area contributed by atoms with Crippen molar-refractivity contribution in [1.82, 2.24) is 0 Å².